The number of nitrogens with one attached hydrogen (secondary N) is 1. The lowest BCUT2D eigenvalue weighted by atomic mass is 9.90. The van der Waals surface area contributed by atoms with Crippen molar-refractivity contribution < 1.29 is 4.39 Å². The summed E-state index contributed by atoms with van der Waals surface area (Å²) in [5.74, 6) is 0.543. The SMILES string of the molecule is CCCN1CCCC(C(C)NC(C)c2cccc(F)c2)C1. The van der Waals surface area contributed by atoms with Crippen LogP contribution in [0.2, 0.25) is 0 Å². The lowest BCUT2D eigenvalue weighted by Gasteiger charge is -2.37. The Morgan fingerprint density at radius 1 is 1.38 bits per heavy atom. The first kappa shape index (κ1) is 16.4. The van der Waals surface area contributed by atoms with Gasteiger partial charge >= 0.3 is 0 Å². The molecule has 1 aliphatic rings. The molecule has 0 amide bonds. The van der Waals surface area contributed by atoms with Gasteiger partial charge in [0.1, 0.15) is 5.82 Å². The van der Waals surface area contributed by atoms with Crippen LogP contribution in [0.15, 0.2) is 24.3 Å². The van der Waals surface area contributed by atoms with Crippen molar-refractivity contribution in [3.05, 3.63) is 35.6 Å². The number of halogens is 1. The van der Waals surface area contributed by atoms with Crippen molar-refractivity contribution >= 4 is 0 Å². The molecule has 1 aliphatic heterocycles. The van der Waals surface area contributed by atoms with Crippen LogP contribution in [0.25, 0.3) is 0 Å². The van der Waals surface area contributed by atoms with E-state index in [0.717, 1.165) is 5.56 Å². The molecule has 1 fully saturated rings. The second-order valence-corrected chi connectivity index (χ2v) is 6.43. The Balaban J connectivity index is 1.89. The fraction of sp³-hybridized carbons (Fsp3) is 0.667. The number of likely N-dealkylation sites (tertiary alicyclic amines) is 1. The summed E-state index contributed by atoms with van der Waals surface area (Å²) in [5.41, 5.74) is 1.03. The molecule has 1 aromatic carbocycles. The van der Waals surface area contributed by atoms with E-state index in [9.17, 15) is 4.39 Å². The summed E-state index contributed by atoms with van der Waals surface area (Å²) >= 11 is 0. The van der Waals surface area contributed by atoms with Crippen LogP contribution in [0.1, 0.15) is 51.6 Å². The maximum absolute atomic E-state index is 13.3. The summed E-state index contributed by atoms with van der Waals surface area (Å²) in [6.07, 6.45) is 3.82. The monoisotopic (exact) mass is 292 g/mol. The summed E-state index contributed by atoms with van der Waals surface area (Å²) < 4.78 is 13.3. The maximum Gasteiger partial charge on any atom is 0.123 e. The first-order valence-corrected chi connectivity index (χ1v) is 8.34. The topological polar surface area (TPSA) is 15.3 Å². The number of hydrogen-bond acceptors (Lipinski definition) is 2. The third kappa shape index (κ3) is 4.79. The molecule has 0 saturated carbocycles. The summed E-state index contributed by atoms with van der Waals surface area (Å²) in [6, 6.07) is 7.58. The molecule has 118 valence electrons. The average molecular weight is 292 g/mol. The molecule has 0 radical (unpaired) electrons. The summed E-state index contributed by atoms with van der Waals surface area (Å²) in [6.45, 7) is 10.3. The third-order valence-electron chi connectivity index (χ3n) is 4.65. The van der Waals surface area contributed by atoms with E-state index in [1.807, 2.05) is 6.07 Å². The highest BCUT2D eigenvalue weighted by atomic mass is 19.1. The van der Waals surface area contributed by atoms with Crippen LogP contribution in [-0.4, -0.2) is 30.6 Å². The van der Waals surface area contributed by atoms with E-state index < -0.39 is 0 Å². The van der Waals surface area contributed by atoms with Gasteiger partial charge in [-0.25, -0.2) is 4.39 Å². The number of nitrogens with zero attached hydrogens (tertiary/aromatic N) is 1. The largest absolute Gasteiger partial charge is 0.307 e. The van der Waals surface area contributed by atoms with Crippen molar-refractivity contribution in [3.8, 4) is 0 Å². The number of rotatable bonds is 6. The van der Waals surface area contributed by atoms with Crippen LogP contribution in [0.5, 0.6) is 0 Å². The summed E-state index contributed by atoms with van der Waals surface area (Å²) in [4.78, 5) is 2.58. The minimum atomic E-state index is -0.152. The molecule has 0 aromatic heterocycles. The maximum atomic E-state index is 13.3. The van der Waals surface area contributed by atoms with Crippen molar-refractivity contribution in [2.75, 3.05) is 19.6 Å². The molecule has 2 nitrogen and oxygen atoms in total. The molecular weight excluding hydrogens is 263 g/mol. The highest BCUT2D eigenvalue weighted by Gasteiger charge is 2.25. The number of piperidine rings is 1. The van der Waals surface area contributed by atoms with Gasteiger partial charge in [0.05, 0.1) is 0 Å². The molecule has 1 saturated heterocycles. The van der Waals surface area contributed by atoms with Crippen molar-refractivity contribution in [2.45, 2.75) is 52.1 Å². The van der Waals surface area contributed by atoms with E-state index in [1.54, 1.807) is 12.1 Å². The van der Waals surface area contributed by atoms with Crippen LogP contribution in [0, 0.1) is 11.7 Å². The Morgan fingerprint density at radius 3 is 2.90 bits per heavy atom. The van der Waals surface area contributed by atoms with Gasteiger partial charge in [0.25, 0.3) is 0 Å². The third-order valence-corrected chi connectivity index (χ3v) is 4.65. The average Bonchev–Trinajstić information content (AvgIpc) is 2.48. The van der Waals surface area contributed by atoms with Crippen LogP contribution in [0.3, 0.4) is 0 Å². The quantitative estimate of drug-likeness (QED) is 0.853. The van der Waals surface area contributed by atoms with Gasteiger partial charge in [-0.1, -0.05) is 19.1 Å². The standard InChI is InChI=1S/C18H29FN2/c1-4-10-21-11-6-8-17(13-21)15(3)20-14(2)16-7-5-9-18(19)12-16/h5,7,9,12,14-15,17,20H,4,6,8,10-11,13H2,1-3H3. The molecule has 21 heavy (non-hydrogen) atoms. The second-order valence-electron chi connectivity index (χ2n) is 6.43. The first-order valence-electron chi connectivity index (χ1n) is 8.34. The van der Waals surface area contributed by atoms with Crippen LogP contribution in [-0.2, 0) is 0 Å². The predicted molar refractivity (Wildman–Crippen MR) is 86.9 cm³/mol. The molecule has 3 unspecified atom stereocenters. The van der Waals surface area contributed by atoms with Crippen LogP contribution < -0.4 is 5.32 Å². The minimum absolute atomic E-state index is 0.152. The van der Waals surface area contributed by atoms with Gasteiger partial charge in [-0.3, -0.25) is 0 Å². The van der Waals surface area contributed by atoms with Crippen LogP contribution >= 0.6 is 0 Å². The molecule has 1 heterocycles. The first-order chi connectivity index (χ1) is 10.1. The molecule has 0 aliphatic carbocycles. The molecule has 1 aromatic rings. The van der Waals surface area contributed by atoms with Gasteiger partial charge in [-0.2, -0.15) is 0 Å². The Bertz CT molecular complexity index is 433. The Labute approximate surface area is 128 Å². The highest BCUT2D eigenvalue weighted by Crippen LogP contribution is 2.22. The van der Waals surface area contributed by atoms with Gasteiger partial charge in [0.2, 0.25) is 0 Å². The van der Waals surface area contributed by atoms with Gasteiger partial charge in [-0.05, 0) is 69.8 Å². The molecule has 1 N–H and O–H groups in total. The van der Waals surface area contributed by atoms with Gasteiger partial charge < -0.3 is 10.2 Å². The lowest BCUT2D eigenvalue weighted by Crippen LogP contribution is -2.45. The van der Waals surface area contributed by atoms with Crippen LogP contribution in [0.4, 0.5) is 4.39 Å². The molecule has 3 heteroatoms. The van der Waals surface area contributed by atoms with Crippen molar-refractivity contribution in [2.24, 2.45) is 5.92 Å². The zero-order chi connectivity index (χ0) is 15.2. The Kier molecular flexibility index (Phi) is 6.19. The Hall–Kier alpha value is -0.930. The molecule has 2 rings (SSSR count). The van der Waals surface area contributed by atoms with E-state index in [4.69, 9.17) is 0 Å². The lowest BCUT2D eigenvalue weighted by molar-refractivity contribution is 0.147. The normalized spacial score (nSPS) is 23.0. The zero-order valence-electron chi connectivity index (χ0n) is 13.6. The fourth-order valence-electron chi connectivity index (χ4n) is 3.42. The molecular formula is C18H29FN2. The number of hydrogen-bond donors (Lipinski definition) is 1. The fourth-order valence-corrected chi connectivity index (χ4v) is 3.42. The zero-order valence-corrected chi connectivity index (χ0v) is 13.6. The van der Waals surface area contributed by atoms with E-state index >= 15 is 0 Å². The smallest absolute Gasteiger partial charge is 0.123 e. The van der Waals surface area contributed by atoms with E-state index in [2.05, 4.69) is 31.0 Å². The number of benzene rings is 1. The summed E-state index contributed by atoms with van der Waals surface area (Å²) in [7, 11) is 0. The minimum Gasteiger partial charge on any atom is -0.307 e. The van der Waals surface area contributed by atoms with E-state index in [1.165, 1.54) is 45.0 Å². The predicted octanol–water partition coefficient (Wildman–Crippen LogP) is 3.99. The van der Waals surface area contributed by atoms with Crippen molar-refractivity contribution in [1.82, 2.24) is 10.2 Å². The van der Waals surface area contributed by atoms with E-state index in [-0.39, 0.29) is 11.9 Å². The molecule has 0 bridgehead atoms. The second kappa shape index (κ2) is 7.90. The van der Waals surface area contributed by atoms with Crippen molar-refractivity contribution in [1.29, 1.82) is 0 Å². The molecule has 3 atom stereocenters. The van der Waals surface area contributed by atoms with Crippen molar-refractivity contribution in [3.63, 3.8) is 0 Å². The van der Waals surface area contributed by atoms with Gasteiger partial charge in [0.15, 0.2) is 0 Å². The summed E-state index contributed by atoms with van der Waals surface area (Å²) in [5, 5.41) is 3.66. The Morgan fingerprint density at radius 2 is 2.19 bits per heavy atom. The van der Waals surface area contributed by atoms with Gasteiger partial charge in [0, 0.05) is 18.6 Å². The van der Waals surface area contributed by atoms with Gasteiger partial charge in [-0.15, -0.1) is 0 Å². The van der Waals surface area contributed by atoms with E-state index in [0.29, 0.717) is 12.0 Å². The molecule has 0 spiro atoms. The highest BCUT2D eigenvalue weighted by molar-refractivity contribution is 5.19.